The Kier molecular flexibility index (Phi) is 3.83. The standard InChI is InChI=1S/C19H16N2O2S/c20-10-15-14-6-2-4-8-17(14)24-19(15)21-18(22)13-9-12-5-1-3-7-16(12)23-11-13/h1,3,5,7,9H,2,4,6,8,11H2,(H,21,22). The van der Waals surface area contributed by atoms with E-state index in [0.717, 1.165) is 42.6 Å². The number of benzene rings is 1. The number of rotatable bonds is 2. The van der Waals surface area contributed by atoms with Crippen molar-refractivity contribution in [3.8, 4) is 11.8 Å². The van der Waals surface area contributed by atoms with Crippen molar-refractivity contribution >= 4 is 28.3 Å². The fraction of sp³-hybridized carbons (Fsp3) is 0.263. The minimum Gasteiger partial charge on any atom is -0.488 e. The lowest BCUT2D eigenvalue weighted by Gasteiger charge is -2.17. The van der Waals surface area contributed by atoms with E-state index in [1.165, 1.54) is 4.88 Å². The highest BCUT2D eigenvalue weighted by atomic mass is 32.1. The molecule has 1 aromatic heterocycles. The Bertz CT molecular complexity index is 889. The van der Waals surface area contributed by atoms with Crippen LogP contribution in [0.25, 0.3) is 6.08 Å². The average Bonchev–Trinajstić information content (AvgIpc) is 2.98. The molecule has 0 fully saturated rings. The maximum Gasteiger partial charge on any atom is 0.255 e. The van der Waals surface area contributed by atoms with Gasteiger partial charge in [0.05, 0.1) is 11.1 Å². The van der Waals surface area contributed by atoms with E-state index in [0.29, 0.717) is 16.1 Å². The molecule has 120 valence electrons. The molecule has 2 heterocycles. The highest BCUT2D eigenvalue weighted by molar-refractivity contribution is 7.16. The molecular formula is C19H16N2O2S. The van der Waals surface area contributed by atoms with Gasteiger partial charge >= 0.3 is 0 Å². The lowest BCUT2D eigenvalue weighted by atomic mass is 9.96. The first-order chi connectivity index (χ1) is 11.8. The summed E-state index contributed by atoms with van der Waals surface area (Å²) in [7, 11) is 0. The number of para-hydroxylation sites is 1. The van der Waals surface area contributed by atoms with Crippen LogP contribution in [0.5, 0.6) is 5.75 Å². The Morgan fingerprint density at radius 3 is 2.96 bits per heavy atom. The number of carbonyl (C=O) groups excluding carboxylic acids is 1. The van der Waals surface area contributed by atoms with Crippen LogP contribution >= 0.6 is 11.3 Å². The zero-order valence-electron chi connectivity index (χ0n) is 13.1. The topological polar surface area (TPSA) is 62.1 Å². The van der Waals surface area contributed by atoms with Crippen molar-refractivity contribution in [3.63, 3.8) is 0 Å². The number of thiophene rings is 1. The number of nitriles is 1. The van der Waals surface area contributed by atoms with Crippen LogP contribution in [0, 0.1) is 11.3 Å². The third-order valence-corrected chi connectivity index (χ3v) is 5.64. The van der Waals surface area contributed by atoms with Crippen LogP contribution in [0.15, 0.2) is 29.8 Å². The Morgan fingerprint density at radius 1 is 1.25 bits per heavy atom. The SMILES string of the molecule is N#Cc1c(NC(=O)C2=Cc3ccccc3OC2)sc2c1CCCC2. The van der Waals surface area contributed by atoms with Gasteiger partial charge in [-0.1, -0.05) is 18.2 Å². The van der Waals surface area contributed by atoms with Crippen molar-refractivity contribution in [2.75, 3.05) is 11.9 Å². The van der Waals surface area contributed by atoms with E-state index in [-0.39, 0.29) is 12.5 Å². The highest BCUT2D eigenvalue weighted by Crippen LogP contribution is 2.38. The van der Waals surface area contributed by atoms with Gasteiger partial charge in [-0.25, -0.2) is 0 Å². The summed E-state index contributed by atoms with van der Waals surface area (Å²) in [6, 6.07) is 9.91. The van der Waals surface area contributed by atoms with Crippen molar-refractivity contribution in [1.29, 1.82) is 5.26 Å². The summed E-state index contributed by atoms with van der Waals surface area (Å²) in [6.07, 6.45) is 6.06. The first-order valence-corrected chi connectivity index (χ1v) is 8.86. The maximum atomic E-state index is 12.6. The number of hydrogen-bond acceptors (Lipinski definition) is 4. The summed E-state index contributed by atoms with van der Waals surface area (Å²) in [5.74, 6) is 0.595. The minimum absolute atomic E-state index is 0.195. The molecule has 0 saturated heterocycles. The van der Waals surface area contributed by atoms with Crippen molar-refractivity contribution in [1.82, 2.24) is 0 Å². The quantitative estimate of drug-likeness (QED) is 0.904. The van der Waals surface area contributed by atoms with Crippen LogP contribution in [-0.2, 0) is 17.6 Å². The van der Waals surface area contributed by atoms with Crippen molar-refractivity contribution in [2.45, 2.75) is 25.7 Å². The molecule has 1 aliphatic heterocycles. The normalized spacial score (nSPS) is 15.4. The predicted molar refractivity (Wildman–Crippen MR) is 94.2 cm³/mol. The molecule has 0 unspecified atom stereocenters. The fourth-order valence-electron chi connectivity index (χ4n) is 3.20. The van der Waals surface area contributed by atoms with E-state index in [2.05, 4.69) is 11.4 Å². The summed E-state index contributed by atoms with van der Waals surface area (Å²) in [5.41, 5.74) is 3.24. The number of hydrogen-bond donors (Lipinski definition) is 1. The Hall–Kier alpha value is -2.58. The largest absolute Gasteiger partial charge is 0.488 e. The summed E-state index contributed by atoms with van der Waals surface area (Å²) in [6.45, 7) is 0.246. The second-order valence-electron chi connectivity index (χ2n) is 5.98. The second-order valence-corrected chi connectivity index (χ2v) is 7.08. The molecule has 0 saturated carbocycles. The number of aryl methyl sites for hydroxylation is 1. The van der Waals surface area contributed by atoms with Gasteiger partial charge in [0.2, 0.25) is 0 Å². The van der Waals surface area contributed by atoms with Crippen LogP contribution in [0.2, 0.25) is 0 Å². The molecule has 4 nitrogen and oxygen atoms in total. The van der Waals surface area contributed by atoms with E-state index < -0.39 is 0 Å². The second kappa shape index (κ2) is 6.14. The van der Waals surface area contributed by atoms with E-state index in [1.807, 2.05) is 30.3 Å². The molecule has 24 heavy (non-hydrogen) atoms. The summed E-state index contributed by atoms with van der Waals surface area (Å²) < 4.78 is 5.64. The number of nitrogens with one attached hydrogen (secondary N) is 1. The number of nitrogens with zero attached hydrogens (tertiary/aromatic N) is 1. The number of anilines is 1. The summed E-state index contributed by atoms with van der Waals surface area (Å²) in [5, 5.41) is 13.1. The van der Waals surface area contributed by atoms with Crippen molar-refractivity contribution in [2.24, 2.45) is 0 Å². The van der Waals surface area contributed by atoms with E-state index in [4.69, 9.17) is 4.74 Å². The molecule has 1 amide bonds. The van der Waals surface area contributed by atoms with Gasteiger partial charge in [0.25, 0.3) is 5.91 Å². The fourth-order valence-corrected chi connectivity index (χ4v) is 4.44. The van der Waals surface area contributed by atoms with Crippen LogP contribution in [-0.4, -0.2) is 12.5 Å². The maximum absolute atomic E-state index is 12.6. The summed E-state index contributed by atoms with van der Waals surface area (Å²) in [4.78, 5) is 13.8. The van der Waals surface area contributed by atoms with Gasteiger partial charge < -0.3 is 10.1 Å². The molecule has 0 bridgehead atoms. The lowest BCUT2D eigenvalue weighted by Crippen LogP contribution is -2.21. The van der Waals surface area contributed by atoms with Gasteiger partial charge in [0.15, 0.2) is 0 Å². The Morgan fingerprint density at radius 2 is 2.08 bits per heavy atom. The third-order valence-electron chi connectivity index (χ3n) is 4.43. The molecule has 1 aliphatic carbocycles. The molecule has 1 aromatic carbocycles. The Balaban J connectivity index is 1.61. The molecule has 2 aromatic rings. The van der Waals surface area contributed by atoms with Crippen LogP contribution < -0.4 is 10.1 Å². The molecule has 1 N–H and O–H groups in total. The minimum atomic E-state index is -0.195. The first kappa shape index (κ1) is 15.0. The van der Waals surface area contributed by atoms with Gasteiger partial charge in [0.1, 0.15) is 23.4 Å². The molecule has 0 radical (unpaired) electrons. The van der Waals surface area contributed by atoms with Crippen molar-refractivity contribution in [3.05, 3.63) is 51.4 Å². The van der Waals surface area contributed by atoms with E-state index in [9.17, 15) is 10.1 Å². The van der Waals surface area contributed by atoms with Crippen molar-refractivity contribution < 1.29 is 9.53 Å². The molecule has 0 atom stereocenters. The molecule has 5 heteroatoms. The van der Waals surface area contributed by atoms with Gasteiger partial charge in [-0.15, -0.1) is 11.3 Å². The first-order valence-electron chi connectivity index (χ1n) is 8.04. The highest BCUT2D eigenvalue weighted by Gasteiger charge is 2.23. The van der Waals surface area contributed by atoms with Gasteiger partial charge in [0, 0.05) is 10.4 Å². The smallest absolute Gasteiger partial charge is 0.255 e. The molecule has 2 aliphatic rings. The number of ether oxygens (including phenoxy) is 1. The van der Waals surface area contributed by atoms with E-state index >= 15 is 0 Å². The van der Waals surface area contributed by atoms with Gasteiger partial charge in [-0.2, -0.15) is 5.26 Å². The number of amides is 1. The van der Waals surface area contributed by atoms with Gasteiger partial charge in [-0.05, 0) is 43.4 Å². The average molecular weight is 336 g/mol. The predicted octanol–water partition coefficient (Wildman–Crippen LogP) is 3.91. The summed E-state index contributed by atoms with van der Waals surface area (Å²) >= 11 is 1.54. The zero-order valence-corrected chi connectivity index (χ0v) is 13.9. The van der Waals surface area contributed by atoms with Crippen LogP contribution in [0.3, 0.4) is 0 Å². The van der Waals surface area contributed by atoms with E-state index in [1.54, 1.807) is 11.3 Å². The molecular weight excluding hydrogens is 320 g/mol. The van der Waals surface area contributed by atoms with Gasteiger partial charge in [-0.3, -0.25) is 4.79 Å². The lowest BCUT2D eigenvalue weighted by molar-refractivity contribution is -0.113. The van der Waals surface area contributed by atoms with Crippen LogP contribution in [0.1, 0.15) is 34.4 Å². The molecule has 4 rings (SSSR count). The molecule has 0 spiro atoms. The number of fused-ring (bicyclic) bond motifs is 2. The monoisotopic (exact) mass is 336 g/mol. The number of carbonyl (C=O) groups is 1. The third kappa shape index (κ3) is 2.59. The zero-order chi connectivity index (χ0) is 16.5. The Labute approximate surface area is 144 Å². The van der Waals surface area contributed by atoms with Crippen LogP contribution in [0.4, 0.5) is 5.00 Å².